The lowest BCUT2D eigenvalue weighted by molar-refractivity contribution is -0.122. The number of nitrogen functional groups attached to an aromatic ring is 1. The Kier molecular flexibility index (Phi) is 6.49. The number of amidine groups is 1. The van der Waals surface area contributed by atoms with Crippen molar-refractivity contribution in [3.63, 3.8) is 0 Å². The smallest absolute Gasteiger partial charge is 0.268 e. The lowest BCUT2D eigenvalue weighted by Crippen LogP contribution is -2.44. The van der Waals surface area contributed by atoms with Crippen LogP contribution in [-0.4, -0.2) is 28.7 Å². The zero-order valence-electron chi connectivity index (χ0n) is 17.3. The third kappa shape index (κ3) is 5.36. The van der Waals surface area contributed by atoms with Gasteiger partial charge in [0.15, 0.2) is 0 Å². The van der Waals surface area contributed by atoms with E-state index in [4.69, 9.17) is 11.1 Å². The predicted octanol–water partition coefficient (Wildman–Crippen LogP) is 2.85. The maximum atomic E-state index is 13.8. The molecular weight excluding hydrogens is 397 g/mol. The number of aromatic nitrogens is 1. The van der Waals surface area contributed by atoms with Gasteiger partial charge >= 0.3 is 0 Å². The molecule has 0 aliphatic carbocycles. The molecule has 3 rings (SSSR count). The normalized spacial score (nSPS) is 11.6. The number of H-pyrrole nitrogens is 1. The molecule has 1 atom stereocenters. The second-order valence-corrected chi connectivity index (χ2v) is 7.29. The van der Waals surface area contributed by atoms with Crippen LogP contribution in [0.1, 0.15) is 34.1 Å². The zero-order valence-corrected chi connectivity index (χ0v) is 17.3. The number of nitrogens with one attached hydrogen (secondary N) is 4. The van der Waals surface area contributed by atoms with Crippen molar-refractivity contribution in [1.82, 2.24) is 15.6 Å². The van der Waals surface area contributed by atoms with E-state index in [1.165, 1.54) is 6.07 Å². The SMILES string of the molecule is Cc1ccc(-c2c[nH]c(C(=O)NC(C)C(=O)NCc3ccc(C(=N)N)cc3)c2)cc1F. The Hall–Kier alpha value is -3.94. The summed E-state index contributed by atoms with van der Waals surface area (Å²) < 4.78 is 13.8. The largest absolute Gasteiger partial charge is 0.384 e. The third-order valence-electron chi connectivity index (χ3n) is 4.91. The van der Waals surface area contributed by atoms with Crippen LogP contribution in [0.5, 0.6) is 0 Å². The molecule has 7 nitrogen and oxygen atoms in total. The molecule has 0 fully saturated rings. The van der Waals surface area contributed by atoms with Gasteiger partial charge in [0.05, 0.1) is 0 Å². The van der Waals surface area contributed by atoms with Crippen molar-refractivity contribution < 1.29 is 14.0 Å². The van der Waals surface area contributed by atoms with Crippen LogP contribution in [0.3, 0.4) is 0 Å². The average Bonchev–Trinajstić information content (AvgIpc) is 3.24. The minimum absolute atomic E-state index is 0.0214. The quantitative estimate of drug-likeness (QED) is 0.298. The van der Waals surface area contributed by atoms with Crippen molar-refractivity contribution in [3.05, 3.63) is 82.9 Å². The van der Waals surface area contributed by atoms with Crippen LogP contribution in [0.4, 0.5) is 4.39 Å². The van der Waals surface area contributed by atoms with Gasteiger partial charge in [-0.1, -0.05) is 36.4 Å². The minimum atomic E-state index is -0.757. The summed E-state index contributed by atoms with van der Waals surface area (Å²) in [5, 5.41) is 12.8. The van der Waals surface area contributed by atoms with Gasteiger partial charge in [-0.3, -0.25) is 15.0 Å². The maximum Gasteiger partial charge on any atom is 0.268 e. The zero-order chi connectivity index (χ0) is 22.5. The van der Waals surface area contributed by atoms with Gasteiger partial charge in [0, 0.05) is 23.9 Å². The molecule has 160 valence electrons. The van der Waals surface area contributed by atoms with Gasteiger partial charge in [0.2, 0.25) is 5.91 Å². The van der Waals surface area contributed by atoms with E-state index >= 15 is 0 Å². The summed E-state index contributed by atoms with van der Waals surface area (Å²) >= 11 is 0. The van der Waals surface area contributed by atoms with Gasteiger partial charge in [0.1, 0.15) is 23.4 Å². The summed E-state index contributed by atoms with van der Waals surface area (Å²) in [7, 11) is 0. The molecule has 0 aliphatic rings. The number of aryl methyl sites for hydroxylation is 1. The maximum absolute atomic E-state index is 13.8. The first-order chi connectivity index (χ1) is 14.7. The fourth-order valence-electron chi connectivity index (χ4n) is 2.95. The second-order valence-electron chi connectivity index (χ2n) is 7.29. The highest BCUT2D eigenvalue weighted by atomic mass is 19.1. The number of hydrogen-bond donors (Lipinski definition) is 5. The topological polar surface area (TPSA) is 124 Å². The Morgan fingerprint density at radius 2 is 1.84 bits per heavy atom. The summed E-state index contributed by atoms with van der Waals surface area (Å²) in [5.74, 6) is -1.11. The van der Waals surface area contributed by atoms with Gasteiger partial charge in [0.25, 0.3) is 5.91 Å². The van der Waals surface area contributed by atoms with E-state index in [1.54, 1.807) is 62.5 Å². The van der Waals surface area contributed by atoms with Crippen molar-refractivity contribution in [3.8, 4) is 11.1 Å². The van der Waals surface area contributed by atoms with Gasteiger partial charge in [-0.25, -0.2) is 4.39 Å². The van der Waals surface area contributed by atoms with Crippen LogP contribution < -0.4 is 16.4 Å². The van der Waals surface area contributed by atoms with E-state index in [0.29, 0.717) is 22.3 Å². The van der Waals surface area contributed by atoms with Gasteiger partial charge < -0.3 is 21.4 Å². The lowest BCUT2D eigenvalue weighted by atomic mass is 10.1. The summed E-state index contributed by atoms with van der Waals surface area (Å²) in [4.78, 5) is 27.7. The van der Waals surface area contributed by atoms with Gasteiger partial charge in [-0.05, 0) is 42.7 Å². The van der Waals surface area contributed by atoms with Gasteiger partial charge in [-0.2, -0.15) is 0 Å². The number of nitrogens with two attached hydrogens (primary N) is 1. The summed E-state index contributed by atoms with van der Waals surface area (Å²) in [5.41, 5.74) is 9.02. The molecule has 6 N–H and O–H groups in total. The van der Waals surface area contributed by atoms with E-state index in [0.717, 1.165) is 5.56 Å². The molecule has 1 heterocycles. The van der Waals surface area contributed by atoms with Crippen molar-refractivity contribution in [2.75, 3.05) is 0 Å². The first-order valence-corrected chi connectivity index (χ1v) is 9.71. The highest BCUT2D eigenvalue weighted by Gasteiger charge is 2.18. The van der Waals surface area contributed by atoms with E-state index in [-0.39, 0.29) is 29.8 Å². The molecule has 0 radical (unpaired) electrons. The van der Waals surface area contributed by atoms with Crippen LogP contribution in [-0.2, 0) is 11.3 Å². The van der Waals surface area contributed by atoms with E-state index < -0.39 is 11.9 Å². The van der Waals surface area contributed by atoms with Crippen LogP contribution in [0.2, 0.25) is 0 Å². The molecule has 0 saturated carbocycles. The summed E-state index contributed by atoms with van der Waals surface area (Å²) in [6, 6.07) is 12.7. The Bertz CT molecular complexity index is 1120. The minimum Gasteiger partial charge on any atom is -0.384 e. The first-order valence-electron chi connectivity index (χ1n) is 9.71. The standard InChI is InChI=1S/C23H24FN5O2/c1-13-3-6-17(9-19(13)24)18-10-20(27-12-18)23(31)29-14(2)22(30)28-11-15-4-7-16(8-5-15)21(25)26/h3-10,12,14,27H,11H2,1-2H3,(H3,25,26)(H,28,30)(H,29,31). The van der Waals surface area contributed by atoms with Crippen LogP contribution in [0, 0.1) is 18.2 Å². The molecule has 0 saturated heterocycles. The molecule has 2 aromatic carbocycles. The van der Waals surface area contributed by atoms with Crippen molar-refractivity contribution in [2.24, 2.45) is 5.73 Å². The number of halogens is 1. The molecule has 0 aliphatic heterocycles. The molecule has 3 aromatic rings. The number of amides is 2. The highest BCUT2D eigenvalue weighted by molar-refractivity contribution is 5.97. The molecule has 2 amide bonds. The number of rotatable bonds is 7. The van der Waals surface area contributed by atoms with Crippen LogP contribution in [0.15, 0.2) is 54.7 Å². The monoisotopic (exact) mass is 421 g/mol. The number of hydrogen-bond acceptors (Lipinski definition) is 3. The molecule has 1 aromatic heterocycles. The van der Waals surface area contributed by atoms with Gasteiger partial charge in [-0.15, -0.1) is 0 Å². The molecule has 8 heteroatoms. The molecule has 0 spiro atoms. The third-order valence-corrected chi connectivity index (χ3v) is 4.91. The molecule has 31 heavy (non-hydrogen) atoms. The Labute approximate surface area is 179 Å². The molecular formula is C23H24FN5O2. The summed E-state index contributed by atoms with van der Waals surface area (Å²) in [6.07, 6.45) is 1.62. The van der Waals surface area contributed by atoms with E-state index in [9.17, 15) is 14.0 Å². The number of aromatic amines is 1. The van der Waals surface area contributed by atoms with E-state index in [1.807, 2.05) is 0 Å². The Morgan fingerprint density at radius 3 is 2.48 bits per heavy atom. The second kappa shape index (κ2) is 9.25. The molecule has 0 bridgehead atoms. The Balaban J connectivity index is 1.56. The highest BCUT2D eigenvalue weighted by Crippen LogP contribution is 2.22. The van der Waals surface area contributed by atoms with Crippen molar-refractivity contribution >= 4 is 17.6 Å². The average molecular weight is 421 g/mol. The number of carbonyl (C=O) groups excluding carboxylic acids is 2. The summed E-state index contributed by atoms with van der Waals surface area (Å²) in [6.45, 7) is 3.55. The predicted molar refractivity (Wildman–Crippen MR) is 117 cm³/mol. The fourth-order valence-corrected chi connectivity index (χ4v) is 2.95. The first kappa shape index (κ1) is 21.8. The van der Waals surface area contributed by atoms with Crippen molar-refractivity contribution in [1.29, 1.82) is 5.41 Å². The Morgan fingerprint density at radius 1 is 1.13 bits per heavy atom. The number of carbonyl (C=O) groups is 2. The number of benzene rings is 2. The fraction of sp³-hybridized carbons (Fsp3) is 0.174. The van der Waals surface area contributed by atoms with Crippen LogP contribution in [0.25, 0.3) is 11.1 Å². The lowest BCUT2D eigenvalue weighted by Gasteiger charge is -2.14. The van der Waals surface area contributed by atoms with Crippen LogP contribution >= 0.6 is 0 Å². The molecule has 1 unspecified atom stereocenters. The van der Waals surface area contributed by atoms with E-state index in [2.05, 4.69) is 15.6 Å². The van der Waals surface area contributed by atoms with Crippen molar-refractivity contribution in [2.45, 2.75) is 26.4 Å².